The lowest BCUT2D eigenvalue weighted by Gasteiger charge is -2.10. The molecule has 36 heavy (non-hydrogen) atoms. The summed E-state index contributed by atoms with van der Waals surface area (Å²) in [4.78, 5) is 30.8. The van der Waals surface area contributed by atoms with E-state index in [0.29, 0.717) is 44.2 Å². The van der Waals surface area contributed by atoms with E-state index in [0.717, 1.165) is 5.56 Å². The normalized spacial score (nSPS) is 11.2. The van der Waals surface area contributed by atoms with Gasteiger partial charge in [0.05, 0.1) is 22.7 Å². The van der Waals surface area contributed by atoms with Crippen LogP contribution in [0.2, 0.25) is 5.02 Å². The smallest absolute Gasteiger partial charge is 0.343 e. The number of esters is 1. The van der Waals surface area contributed by atoms with Crippen molar-refractivity contribution in [2.45, 2.75) is 6.92 Å². The molecule has 0 radical (unpaired) electrons. The molecule has 5 rings (SSSR count). The Morgan fingerprint density at radius 1 is 0.944 bits per heavy atom. The molecule has 7 heteroatoms. The standard InChI is InChI=1S/C29H20ClN3O3/c1-19-7-6-9-21(17-19)29(35)36-26-12-5-2-8-22(26)18-31-33-27(20-13-15-23(30)16-14-20)32-25-11-4-3-10-24(25)28(33)34/h2-18H,1H3/b31-18+. The summed E-state index contributed by atoms with van der Waals surface area (Å²) in [6, 6.07) is 28.3. The fraction of sp³-hybridized carbons (Fsp3) is 0.0345. The van der Waals surface area contributed by atoms with Gasteiger partial charge in [0.2, 0.25) is 0 Å². The molecule has 0 aliphatic rings. The van der Waals surface area contributed by atoms with E-state index in [9.17, 15) is 9.59 Å². The maximum atomic E-state index is 13.4. The highest BCUT2D eigenvalue weighted by atomic mass is 35.5. The first-order valence-electron chi connectivity index (χ1n) is 11.2. The number of aromatic nitrogens is 2. The molecule has 5 aromatic rings. The minimum Gasteiger partial charge on any atom is -0.422 e. The summed E-state index contributed by atoms with van der Waals surface area (Å²) in [6.45, 7) is 1.91. The number of nitrogens with zero attached hydrogens (tertiary/aromatic N) is 3. The fourth-order valence-corrected chi connectivity index (χ4v) is 3.87. The van der Waals surface area contributed by atoms with Gasteiger partial charge in [0.1, 0.15) is 5.75 Å². The van der Waals surface area contributed by atoms with E-state index < -0.39 is 5.97 Å². The molecule has 1 heterocycles. The predicted octanol–water partition coefficient (Wildman–Crippen LogP) is 6.13. The van der Waals surface area contributed by atoms with Gasteiger partial charge in [-0.25, -0.2) is 9.78 Å². The van der Waals surface area contributed by atoms with Gasteiger partial charge >= 0.3 is 5.97 Å². The summed E-state index contributed by atoms with van der Waals surface area (Å²) in [7, 11) is 0. The quantitative estimate of drug-likeness (QED) is 0.168. The van der Waals surface area contributed by atoms with Gasteiger partial charge in [-0.05, 0) is 67.6 Å². The van der Waals surface area contributed by atoms with Gasteiger partial charge in [-0.15, -0.1) is 0 Å². The number of carbonyl (C=O) groups is 1. The third kappa shape index (κ3) is 4.80. The number of halogens is 1. The van der Waals surface area contributed by atoms with Crippen LogP contribution in [0.4, 0.5) is 0 Å². The van der Waals surface area contributed by atoms with Crippen LogP contribution in [-0.2, 0) is 0 Å². The Labute approximate surface area is 212 Å². The minimum absolute atomic E-state index is 0.322. The third-order valence-electron chi connectivity index (χ3n) is 5.54. The summed E-state index contributed by atoms with van der Waals surface area (Å²) in [5, 5.41) is 5.48. The molecule has 0 atom stereocenters. The molecule has 6 nitrogen and oxygen atoms in total. The van der Waals surface area contributed by atoms with Crippen molar-refractivity contribution in [3.05, 3.63) is 129 Å². The topological polar surface area (TPSA) is 73.5 Å². The molecule has 0 spiro atoms. The van der Waals surface area contributed by atoms with Gasteiger partial charge in [0.15, 0.2) is 5.82 Å². The summed E-state index contributed by atoms with van der Waals surface area (Å²) in [5.74, 6) is 0.203. The molecule has 0 saturated heterocycles. The molecule has 0 bridgehead atoms. The number of fused-ring (bicyclic) bond motifs is 1. The van der Waals surface area contributed by atoms with Crippen molar-refractivity contribution in [3.8, 4) is 17.1 Å². The number of para-hydroxylation sites is 2. The van der Waals surface area contributed by atoms with Crippen LogP contribution in [0.5, 0.6) is 5.75 Å². The van der Waals surface area contributed by atoms with Gasteiger partial charge in [0, 0.05) is 16.1 Å². The predicted molar refractivity (Wildman–Crippen MR) is 142 cm³/mol. The van der Waals surface area contributed by atoms with Crippen molar-refractivity contribution in [1.82, 2.24) is 9.66 Å². The Kier molecular flexibility index (Phi) is 6.43. The molecule has 0 saturated carbocycles. The van der Waals surface area contributed by atoms with Crippen LogP contribution in [0, 0.1) is 6.92 Å². The molecule has 0 aliphatic heterocycles. The van der Waals surface area contributed by atoms with Crippen LogP contribution in [0.25, 0.3) is 22.3 Å². The molecule has 0 N–H and O–H groups in total. The maximum absolute atomic E-state index is 13.4. The Bertz CT molecular complexity index is 1670. The number of benzene rings is 4. The zero-order valence-electron chi connectivity index (χ0n) is 19.3. The van der Waals surface area contributed by atoms with Crippen molar-refractivity contribution in [1.29, 1.82) is 0 Å². The first-order valence-corrected chi connectivity index (χ1v) is 11.6. The van der Waals surface area contributed by atoms with Crippen molar-refractivity contribution in [3.63, 3.8) is 0 Å². The second-order valence-corrected chi connectivity index (χ2v) is 8.55. The maximum Gasteiger partial charge on any atom is 0.343 e. The van der Waals surface area contributed by atoms with Crippen molar-refractivity contribution >= 4 is 34.7 Å². The van der Waals surface area contributed by atoms with E-state index in [2.05, 4.69) is 10.1 Å². The number of rotatable bonds is 5. The Balaban J connectivity index is 1.57. The highest BCUT2D eigenvalue weighted by molar-refractivity contribution is 6.30. The van der Waals surface area contributed by atoms with Crippen LogP contribution in [0.3, 0.4) is 0 Å². The van der Waals surface area contributed by atoms with Gasteiger partial charge in [0.25, 0.3) is 5.56 Å². The molecule has 1 aromatic heterocycles. The Morgan fingerprint density at radius 2 is 1.69 bits per heavy atom. The lowest BCUT2D eigenvalue weighted by Crippen LogP contribution is -2.20. The van der Waals surface area contributed by atoms with E-state index in [1.54, 1.807) is 84.9 Å². The average molecular weight is 494 g/mol. The molecule has 4 aromatic carbocycles. The van der Waals surface area contributed by atoms with Gasteiger partial charge in [-0.3, -0.25) is 4.79 Å². The van der Waals surface area contributed by atoms with Crippen LogP contribution in [0.1, 0.15) is 21.5 Å². The fourth-order valence-electron chi connectivity index (χ4n) is 3.75. The van der Waals surface area contributed by atoms with E-state index >= 15 is 0 Å². The minimum atomic E-state index is -0.481. The lowest BCUT2D eigenvalue weighted by molar-refractivity contribution is 0.0734. The first-order chi connectivity index (χ1) is 17.5. The van der Waals surface area contributed by atoms with E-state index in [1.165, 1.54) is 10.9 Å². The number of carbonyl (C=O) groups excluding carboxylic acids is 1. The molecule has 0 fully saturated rings. The molecule has 0 aliphatic carbocycles. The zero-order valence-corrected chi connectivity index (χ0v) is 20.0. The SMILES string of the molecule is Cc1cccc(C(=O)Oc2ccccc2/C=N/n2c(-c3ccc(Cl)cc3)nc3ccccc3c2=O)c1. The van der Waals surface area contributed by atoms with Crippen LogP contribution >= 0.6 is 11.6 Å². The number of aryl methyl sites for hydroxylation is 1. The van der Waals surface area contributed by atoms with Crippen LogP contribution in [-0.4, -0.2) is 21.8 Å². The van der Waals surface area contributed by atoms with E-state index in [4.69, 9.17) is 16.3 Å². The summed E-state index contributed by atoms with van der Waals surface area (Å²) in [5.41, 5.74) is 2.85. The van der Waals surface area contributed by atoms with Crippen molar-refractivity contribution < 1.29 is 9.53 Å². The summed E-state index contributed by atoms with van der Waals surface area (Å²) in [6.07, 6.45) is 1.48. The number of hydrogen-bond donors (Lipinski definition) is 0. The number of hydrogen-bond acceptors (Lipinski definition) is 5. The molecule has 0 unspecified atom stereocenters. The first kappa shape index (κ1) is 23.2. The van der Waals surface area contributed by atoms with Crippen molar-refractivity contribution in [2.75, 3.05) is 0 Å². The van der Waals surface area contributed by atoms with E-state index in [1.807, 2.05) is 19.1 Å². The number of ether oxygens (including phenoxy) is 1. The van der Waals surface area contributed by atoms with E-state index in [-0.39, 0.29) is 5.56 Å². The van der Waals surface area contributed by atoms with Crippen molar-refractivity contribution in [2.24, 2.45) is 5.10 Å². The summed E-state index contributed by atoms with van der Waals surface area (Å²) < 4.78 is 6.90. The molecule has 176 valence electrons. The summed E-state index contributed by atoms with van der Waals surface area (Å²) >= 11 is 6.06. The monoisotopic (exact) mass is 493 g/mol. The van der Waals surface area contributed by atoms with Gasteiger partial charge in [-0.2, -0.15) is 9.78 Å². The highest BCUT2D eigenvalue weighted by Crippen LogP contribution is 2.22. The van der Waals surface area contributed by atoms with Crippen LogP contribution in [0.15, 0.2) is 107 Å². The largest absolute Gasteiger partial charge is 0.422 e. The molecule has 0 amide bonds. The Hall–Kier alpha value is -4.55. The molecular weight excluding hydrogens is 474 g/mol. The van der Waals surface area contributed by atoms with Gasteiger partial charge < -0.3 is 4.74 Å². The molecular formula is C29H20ClN3O3. The average Bonchev–Trinajstić information content (AvgIpc) is 2.89. The highest BCUT2D eigenvalue weighted by Gasteiger charge is 2.14. The Morgan fingerprint density at radius 3 is 2.50 bits per heavy atom. The third-order valence-corrected chi connectivity index (χ3v) is 5.80. The second kappa shape index (κ2) is 9.98. The lowest BCUT2D eigenvalue weighted by atomic mass is 10.1. The van der Waals surface area contributed by atoms with Gasteiger partial charge in [-0.1, -0.05) is 53.6 Å². The zero-order chi connectivity index (χ0) is 25.1. The second-order valence-electron chi connectivity index (χ2n) is 8.12. The van der Waals surface area contributed by atoms with Crippen LogP contribution < -0.4 is 10.3 Å².